The first kappa shape index (κ1) is 18.5. The maximum atomic E-state index is 13.2. The lowest BCUT2D eigenvalue weighted by Gasteiger charge is -2.06. The summed E-state index contributed by atoms with van der Waals surface area (Å²) in [6, 6.07) is 9.92. The minimum atomic E-state index is -0.497. The van der Waals surface area contributed by atoms with Crippen LogP contribution in [-0.4, -0.2) is 10.5 Å². The monoisotopic (exact) mass is 388 g/mol. The molecule has 0 N–H and O–H groups in total. The van der Waals surface area contributed by atoms with Gasteiger partial charge in [-0.05, 0) is 41.8 Å². The number of fused-ring (bicyclic) bond motifs is 1. The Morgan fingerprint density at radius 3 is 2.77 bits per heavy atom. The molecular formula is C20H18ClFN2OS. The maximum absolute atomic E-state index is 13.2. The fourth-order valence-corrected chi connectivity index (χ4v) is 3.98. The van der Waals surface area contributed by atoms with Gasteiger partial charge in [-0.3, -0.25) is 4.79 Å². The molecule has 3 rings (SSSR count). The number of rotatable bonds is 4. The number of allylic oxidation sites excluding steroid dienone is 1. The molecule has 26 heavy (non-hydrogen) atoms. The lowest BCUT2D eigenvalue weighted by atomic mass is 10.0. The Morgan fingerprint density at radius 1 is 1.35 bits per heavy atom. The summed E-state index contributed by atoms with van der Waals surface area (Å²) in [6.07, 6.45) is 1.76. The van der Waals surface area contributed by atoms with Crippen LogP contribution in [0, 0.1) is 5.82 Å². The molecule has 0 saturated heterocycles. The van der Waals surface area contributed by atoms with Gasteiger partial charge in [0.15, 0.2) is 4.80 Å². The summed E-state index contributed by atoms with van der Waals surface area (Å²) in [5.74, 6) is -0.575. The van der Waals surface area contributed by atoms with Gasteiger partial charge in [0, 0.05) is 6.54 Å². The molecule has 0 aliphatic carbocycles. The zero-order chi connectivity index (χ0) is 18.8. The van der Waals surface area contributed by atoms with Crippen molar-refractivity contribution in [2.75, 3.05) is 0 Å². The molecule has 1 amide bonds. The van der Waals surface area contributed by atoms with Gasteiger partial charge in [-0.15, -0.1) is 6.58 Å². The topological polar surface area (TPSA) is 34.4 Å². The third-order valence-corrected chi connectivity index (χ3v) is 5.40. The molecule has 3 nitrogen and oxygen atoms in total. The van der Waals surface area contributed by atoms with E-state index >= 15 is 0 Å². The molecule has 134 valence electrons. The minimum Gasteiger partial charge on any atom is -0.312 e. The van der Waals surface area contributed by atoms with Gasteiger partial charge in [-0.2, -0.15) is 4.99 Å². The summed E-state index contributed by atoms with van der Waals surface area (Å²) in [5.41, 5.74) is 2.40. The molecule has 0 fully saturated rings. The van der Waals surface area contributed by atoms with E-state index in [1.165, 1.54) is 29.0 Å². The van der Waals surface area contributed by atoms with Crippen LogP contribution in [0.15, 0.2) is 54.0 Å². The number of halogens is 2. The Morgan fingerprint density at radius 2 is 2.12 bits per heavy atom. The smallest absolute Gasteiger partial charge is 0.281 e. The van der Waals surface area contributed by atoms with Crippen LogP contribution in [0.5, 0.6) is 0 Å². The van der Waals surface area contributed by atoms with Crippen molar-refractivity contribution in [3.63, 3.8) is 0 Å². The minimum absolute atomic E-state index is 0.0530. The summed E-state index contributed by atoms with van der Waals surface area (Å²) in [6.45, 7) is 8.59. The highest BCUT2D eigenvalue weighted by Gasteiger charge is 2.13. The third kappa shape index (κ3) is 3.64. The number of amides is 1. The van der Waals surface area contributed by atoms with Gasteiger partial charge >= 0.3 is 0 Å². The van der Waals surface area contributed by atoms with Gasteiger partial charge in [0.25, 0.3) is 5.91 Å². The first-order valence-corrected chi connectivity index (χ1v) is 9.38. The molecule has 0 spiro atoms. The zero-order valence-electron chi connectivity index (χ0n) is 14.5. The molecule has 0 aliphatic heterocycles. The number of aromatic nitrogens is 1. The van der Waals surface area contributed by atoms with Gasteiger partial charge in [-0.25, -0.2) is 4.39 Å². The van der Waals surface area contributed by atoms with E-state index in [0.717, 1.165) is 16.3 Å². The molecule has 1 aromatic heterocycles. The summed E-state index contributed by atoms with van der Waals surface area (Å²) in [5, 5.41) is 0.0530. The second-order valence-electron chi connectivity index (χ2n) is 6.21. The predicted molar refractivity (Wildman–Crippen MR) is 105 cm³/mol. The molecule has 0 bridgehead atoms. The van der Waals surface area contributed by atoms with Crippen molar-refractivity contribution in [3.8, 4) is 0 Å². The number of hydrogen-bond acceptors (Lipinski definition) is 2. The Balaban J connectivity index is 2.15. The van der Waals surface area contributed by atoms with Gasteiger partial charge in [0.2, 0.25) is 0 Å². The predicted octanol–water partition coefficient (Wildman–Crippen LogP) is 5.55. The van der Waals surface area contributed by atoms with E-state index in [1.807, 2.05) is 10.6 Å². The van der Waals surface area contributed by atoms with Crippen LogP contribution in [0.3, 0.4) is 0 Å². The molecule has 0 radical (unpaired) electrons. The quantitative estimate of drug-likeness (QED) is 0.540. The van der Waals surface area contributed by atoms with Crippen molar-refractivity contribution >= 4 is 39.1 Å². The van der Waals surface area contributed by atoms with E-state index < -0.39 is 11.7 Å². The van der Waals surface area contributed by atoms with E-state index in [4.69, 9.17) is 11.6 Å². The molecule has 2 aromatic carbocycles. The Kier molecular flexibility index (Phi) is 5.39. The SMILES string of the molecule is C=CCn1c(=NC(=O)c2ccc(F)cc2Cl)sc2cc(C(C)C)ccc21. The number of thiazole rings is 1. The van der Waals surface area contributed by atoms with Crippen molar-refractivity contribution < 1.29 is 9.18 Å². The zero-order valence-corrected chi connectivity index (χ0v) is 16.1. The number of nitrogens with zero attached hydrogens (tertiary/aromatic N) is 2. The van der Waals surface area contributed by atoms with Crippen molar-refractivity contribution in [1.29, 1.82) is 0 Å². The highest BCUT2D eigenvalue weighted by molar-refractivity contribution is 7.16. The molecule has 6 heteroatoms. The molecular weight excluding hydrogens is 371 g/mol. The molecule has 0 unspecified atom stereocenters. The average Bonchev–Trinajstić information content (AvgIpc) is 2.91. The lowest BCUT2D eigenvalue weighted by molar-refractivity contribution is 0.0998. The van der Waals surface area contributed by atoms with E-state index in [1.54, 1.807) is 6.08 Å². The van der Waals surface area contributed by atoms with Crippen LogP contribution >= 0.6 is 22.9 Å². The Labute approximate surface area is 160 Å². The van der Waals surface area contributed by atoms with Gasteiger partial charge in [0.05, 0.1) is 20.8 Å². The summed E-state index contributed by atoms with van der Waals surface area (Å²) in [7, 11) is 0. The van der Waals surface area contributed by atoms with Gasteiger partial charge < -0.3 is 4.57 Å². The Bertz CT molecular complexity index is 1070. The summed E-state index contributed by atoms with van der Waals surface area (Å²) in [4.78, 5) is 17.3. The van der Waals surface area contributed by atoms with Crippen LogP contribution in [0.4, 0.5) is 4.39 Å². The second kappa shape index (κ2) is 7.56. The molecule has 0 saturated carbocycles. The number of carbonyl (C=O) groups is 1. The standard InChI is InChI=1S/C20H18ClFN2OS/c1-4-9-24-17-8-5-13(12(2)3)10-18(17)26-20(24)23-19(25)15-7-6-14(22)11-16(15)21/h4-8,10-12H,1,9H2,2-3H3. The number of benzene rings is 2. The van der Waals surface area contributed by atoms with Crippen LogP contribution < -0.4 is 4.80 Å². The molecule has 1 heterocycles. The third-order valence-electron chi connectivity index (χ3n) is 4.04. The first-order chi connectivity index (χ1) is 12.4. The van der Waals surface area contributed by atoms with E-state index in [2.05, 4.69) is 37.6 Å². The van der Waals surface area contributed by atoms with E-state index in [9.17, 15) is 9.18 Å². The van der Waals surface area contributed by atoms with E-state index in [0.29, 0.717) is 17.3 Å². The summed E-state index contributed by atoms with van der Waals surface area (Å²) < 4.78 is 16.2. The van der Waals surface area contributed by atoms with Crippen molar-refractivity contribution in [1.82, 2.24) is 4.57 Å². The highest BCUT2D eigenvalue weighted by atomic mass is 35.5. The summed E-state index contributed by atoms with van der Waals surface area (Å²) >= 11 is 7.42. The second-order valence-corrected chi connectivity index (χ2v) is 7.62. The van der Waals surface area contributed by atoms with Crippen LogP contribution in [0.2, 0.25) is 5.02 Å². The lowest BCUT2D eigenvalue weighted by Crippen LogP contribution is -2.16. The fourth-order valence-electron chi connectivity index (χ4n) is 2.65. The van der Waals surface area contributed by atoms with Gasteiger partial charge in [-0.1, -0.05) is 48.9 Å². The average molecular weight is 389 g/mol. The van der Waals surface area contributed by atoms with Crippen LogP contribution in [0.25, 0.3) is 10.2 Å². The highest BCUT2D eigenvalue weighted by Crippen LogP contribution is 2.24. The van der Waals surface area contributed by atoms with Crippen LogP contribution in [-0.2, 0) is 6.54 Å². The fraction of sp³-hybridized carbons (Fsp3) is 0.200. The molecule has 0 aliphatic rings. The first-order valence-electron chi connectivity index (χ1n) is 8.19. The van der Waals surface area contributed by atoms with Crippen molar-refractivity contribution in [2.45, 2.75) is 26.3 Å². The van der Waals surface area contributed by atoms with Crippen molar-refractivity contribution in [3.05, 3.63) is 75.8 Å². The Hall–Kier alpha value is -2.24. The maximum Gasteiger partial charge on any atom is 0.281 e. The normalized spacial score (nSPS) is 12.1. The van der Waals surface area contributed by atoms with E-state index in [-0.39, 0.29) is 10.6 Å². The van der Waals surface area contributed by atoms with Crippen LogP contribution in [0.1, 0.15) is 35.7 Å². The number of carbonyl (C=O) groups excluding carboxylic acids is 1. The number of hydrogen-bond donors (Lipinski definition) is 0. The molecule has 0 atom stereocenters. The largest absolute Gasteiger partial charge is 0.312 e. The molecule has 3 aromatic rings. The van der Waals surface area contributed by atoms with Crippen molar-refractivity contribution in [2.24, 2.45) is 4.99 Å². The van der Waals surface area contributed by atoms with Gasteiger partial charge in [0.1, 0.15) is 5.82 Å².